The number of hydrogen-bond donors (Lipinski definition) is 1. The zero-order valence-corrected chi connectivity index (χ0v) is 36.3. The van der Waals surface area contributed by atoms with Crippen molar-refractivity contribution in [2.24, 2.45) is 52.1 Å². The molecule has 5 unspecified atom stereocenters. The van der Waals surface area contributed by atoms with Crippen molar-refractivity contribution in [2.75, 3.05) is 0 Å². The van der Waals surface area contributed by atoms with Gasteiger partial charge in [-0.05, 0) is 97.9 Å². The molecule has 0 radical (unpaired) electrons. The van der Waals surface area contributed by atoms with E-state index in [1.807, 2.05) is 19.9 Å². The van der Waals surface area contributed by atoms with Crippen LogP contribution in [0.5, 0.6) is 0 Å². The lowest BCUT2D eigenvalue weighted by Crippen LogP contribution is -2.39. The minimum atomic E-state index is -0.137. The average molecular weight is 670 g/mol. The standard InChI is InChI=1S/C28H52.C17H33N.C2H6/c1-13-16-24(17-14-2)26(28(10,11)12)25(20-21(4)15-3)23(6)22(5)18-19-27(7,8)9;1-7-14(3)10-9-11-15(4)12-13-16(8-2)17(5,6)18;1-2/h15,20,22-24,26H,3-4,13-14,16-19H2,1-2,5-12H3;12-14,16H,4,7-11,18H2,1-3,5-6H3;1-2H3/b25-20+;13-12-;. The molecule has 0 saturated heterocycles. The molecule has 0 aliphatic heterocycles. The summed E-state index contributed by atoms with van der Waals surface area (Å²) in [6.45, 7) is 51.3. The summed E-state index contributed by atoms with van der Waals surface area (Å²) in [6.07, 6.45) is 22.5. The molecule has 1 heteroatoms. The molecule has 0 aromatic rings. The van der Waals surface area contributed by atoms with Gasteiger partial charge in [0.05, 0.1) is 0 Å². The Labute approximate surface area is 305 Å². The summed E-state index contributed by atoms with van der Waals surface area (Å²) in [5.74, 6) is 3.86. The predicted octanol–water partition coefficient (Wildman–Crippen LogP) is 15.7. The average Bonchev–Trinajstić information content (AvgIpc) is 2.99. The van der Waals surface area contributed by atoms with E-state index >= 15 is 0 Å². The van der Waals surface area contributed by atoms with Crippen LogP contribution in [0.2, 0.25) is 0 Å². The molecule has 2 N–H and O–H groups in total. The van der Waals surface area contributed by atoms with E-state index < -0.39 is 0 Å². The molecule has 0 saturated carbocycles. The molecule has 0 aromatic heterocycles. The fourth-order valence-corrected chi connectivity index (χ4v) is 6.84. The normalized spacial score (nSPS) is 15.9. The zero-order chi connectivity index (χ0) is 38.3. The van der Waals surface area contributed by atoms with Crippen molar-refractivity contribution in [3.8, 4) is 0 Å². The highest BCUT2D eigenvalue weighted by Crippen LogP contribution is 2.46. The molecule has 0 aromatic carbocycles. The minimum absolute atomic E-state index is 0.137. The van der Waals surface area contributed by atoms with Gasteiger partial charge in [-0.2, -0.15) is 0 Å². The van der Waals surface area contributed by atoms with Gasteiger partial charge in [0.15, 0.2) is 0 Å². The maximum absolute atomic E-state index is 6.15. The van der Waals surface area contributed by atoms with Crippen molar-refractivity contribution in [2.45, 2.75) is 194 Å². The van der Waals surface area contributed by atoms with Crippen LogP contribution in [0.1, 0.15) is 188 Å². The lowest BCUT2D eigenvalue weighted by atomic mass is 9.62. The third kappa shape index (κ3) is 23.9. The topological polar surface area (TPSA) is 26.0 Å². The largest absolute Gasteiger partial charge is 0.325 e. The first-order valence-electron chi connectivity index (χ1n) is 20.3. The molecule has 0 bridgehead atoms. The summed E-state index contributed by atoms with van der Waals surface area (Å²) < 4.78 is 0. The van der Waals surface area contributed by atoms with Crippen molar-refractivity contribution in [1.82, 2.24) is 0 Å². The lowest BCUT2D eigenvalue weighted by Gasteiger charge is -2.43. The summed E-state index contributed by atoms with van der Waals surface area (Å²) in [5.41, 5.74) is 10.6. The Kier molecular flexibility index (Phi) is 28.1. The van der Waals surface area contributed by atoms with E-state index in [0.29, 0.717) is 29.1 Å². The van der Waals surface area contributed by atoms with Crippen molar-refractivity contribution < 1.29 is 0 Å². The summed E-state index contributed by atoms with van der Waals surface area (Å²) in [4.78, 5) is 0. The monoisotopic (exact) mass is 670 g/mol. The van der Waals surface area contributed by atoms with Gasteiger partial charge in [0, 0.05) is 5.54 Å². The zero-order valence-electron chi connectivity index (χ0n) is 36.3. The van der Waals surface area contributed by atoms with Crippen LogP contribution in [0, 0.1) is 46.3 Å². The first-order chi connectivity index (χ1) is 22.1. The van der Waals surface area contributed by atoms with E-state index in [1.165, 1.54) is 63.4 Å². The second kappa shape index (κ2) is 26.5. The van der Waals surface area contributed by atoms with Crippen molar-refractivity contribution in [1.29, 1.82) is 0 Å². The Morgan fingerprint density at radius 2 is 1.29 bits per heavy atom. The minimum Gasteiger partial charge on any atom is -0.325 e. The van der Waals surface area contributed by atoms with E-state index in [1.54, 1.807) is 5.57 Å². The first-order valence-corrected chi connectivity index (χ1v) is 20.3. The molecule has 5 atom stereocenters. The summed E-state index contributed by atoms with van der Waals surface area (Å²) in [5, 5.41) is 0. The van der Waals surface area contributed by atoms with E-state index in [4.69, 9.17) is 5.73 Å². The van der Waals surface area contributed by atoms with Crippen LogP contribution in [0.4, 0.5) is 0 Å². The molecule has 0 aliphatic rings. The van der Waals surface area contributed by atoms with Crippen LogP contribution in [0.25, 0.3) is 0 Å². The first kappa shape index (κ1) is 51.0. The molecular formula is C47H91N. The number of hydrogen-bond acceptors (Lipinski definition) is 1. The number of allylic oxidation sites excluding steroid dienone is 6. The van der Waals surface area contributed by atoms with Gasteiger partial charge >= 0.3 is 0 Å². The molecule has 284 valence electrons. The molecule has 0 amide bonds. The second-order valence-corrected chi connectivity index (χ2v) is 17.7. The highest BCUT2D eigenvalue weighted by atomic mass is 14.7. The molecule has 0 rings (SSSR count). The second-order valence-electron chi connectivity index (χ2n) is 17.7. The third-order valence-corrected chi connectivity index (χ3v) is 10.3. The van der Waals surface area contributed by atoms with Crippen LogP contribution in [0.3, 0.4) is 0 Å². The van der Waals surface area contributed by atoms with Crippen LogP contribution in [-0.4, -0.2) is 5.54 Å². The highest BCUT2D eigenvalue weighted by Gasteiger charge is 2.37. The third-order valence-electron chi connectivity index (χ3n) is 10.3. The molecule has 0 fully saturated rings. The van der Waals surface area contributed by atoms with Crippen LogP contribution in [-0.2, 0) is 0 Å². The summed E-state index contributed by atoms with van der Waals surface area (Å²) in [6, 6.07) is 0. The van der Waals surface area contributed by atoms with Crippen molar-refractivity contribution in [3.63, 3.8) is 0 Å². The van der Waals surface area contributed by atoms with Crippen molar-refractivity contribution >= 4 is 0 Å². The molecular weight excluding hydrogens is 579 g/mol. The molecule has 1 nitrogen and oxygen atoms in total. The Hall–Kier alpha value is -1.34. The van der Waals surface area contributed by atoms with Gasteiger partial charge in [-0.15, -0.1) is 0 Å². The fourth-order valence-electron chi connectivity index (χ4n) is 6.84. The van der Waals surface area contributed by atoms with Crippen LogP contribution < -0.4 is 5.73 Å². The maximum Gasteiger partial charge on any atom is 0.0160 e. The van der Waals surface area contributed by atoms with E-state index in [0.717, 1.165) is 30.3 Å². The fraction of sp³-hybridized carbons (Fsp3) is 0.787. The Bertz CT molecular complexity index is 887. The van der Waals surface area contributed by atoms with Gasteiger partial charge < -0.3 is 5.73 Å². The van der Waals surface area contributed by atoms with Crippen LogP contribution >= 0.6 is 0 Å². The van der Waals surface area contributed by atoms with Crippen LogP contribution in [0.15, 0.2) is 60.8 Å². The van der Waals surface area contributed by atoms with E-state index in [-0.39, 0.29) is 11.0 Å². The van der Waals surface area contributed by atoms with Gasteiger partial charge in [0.1, 0.15) is 0 Å². The van der Waals surface area contributed by atoms with Gasteiger partial charge in [0.2, 0.25) is 0 Å². The Morgan fingerprint density at radius 1 is 0.771 bits per heavy atom. The smallest absolute Gasteiger partial charge is 0.0160 e. The summed E-state index contributed by atoms with van der Waals surface area (Å²) in [7, 11) is 0. The number of nitrogens with two attached hydrogens (primary N) is 1. The predicted molar refractivity (Wildman–Crippen MR) is 226 cm³/mol. The molecule has 0 aliphatic carbocycles. The van der Waals surface area contributed by atoms with E-state index in [2.05, 4.69) is 142 Å². The number of rotatable bonds is 21. The SMILES string of the molecule is C=C(/C=C\C(CC)C(C)(C)N)CCCC(C)CC.C=CC(=C)/C=C(\C(C)C(C)CCC(C)(C)C)C(C(CCC)CCC)C(C)(C)C.CC. The van der Waals surface area contributed by atoms with Gasteiger partial charge in [0.25, 0.3) is 0 Å². The highest BCUT2D eigenvalue weighted by molar-refractivity contribution is 5.32. The maximum atomic E-state index is 6.15. The van der Waals surface area contributed by atoms with Gasteiger partial charge in [-0.1, -0.05) is 198 Å². The lowest BCUT2D eigenvalue weighted by molar-refractivity contribution is 0.153. The Balaban J connectivity index is -0.000000872. The molecule has 48 heavy (non-hydrogen) atoms. The van der Waals surface area contributed by atoms with E-state index in [9.17, 15) is 0 Å². The quantitative estimate of drug-likeness (QED) is 0.121. The summed E-state index contributed by atoms with van der Waals surface area (Å²) >= 11 is 0. The molecule has 0 heterocycles. The molecule has 0 spiro atoms. The van der Waals surface area contributed by atoms with Gasteiger partial charge in [-0.25, -0.2) is 0 Å². The van der Waals surface area contributed by atoms with Crippen molar-refractivity contribution in [3.05, 3.63) is 60.8 Å². The Morgan fingerprint density at radius 3 is 1.67 bits per heavy atom. The van der Waals surface area contributed by atoms with Gasteiger partial charge in [-0.3, -0.25) is 0 Å².